The van der Waals surface area contributed by atoms with Crippen LogP contribution in [-0.2, 0) is 0 Å². The number of aryl methyl sites for hydroxylation is 1. The van der Waals surface area contributed by atoms with Gasteiger partial charge in [-0.25, -0.2) is 0 Å². The fourth-order valence-corrected chi connectivity index (χ4v) is 3.46. The first-order valence-electron chi connectivity index (χ1n) is 6.25. The summed E-state index contributed by atoms with van der Waals surface area (Å²) in [6, 6.07) is 5.14. The molecule has 1 aliphatic rings. The van der Waals surface area contributed by atoms with E-state index in [9.17, 15) is 9.90 Å². The van der Waals surface area contributed by atoms with Crippen molar-refractivity contribution in [3.05, 3.63) is 29.3 Å². The zero-order valence-electron chi connectivity index (χ0n) is 10.8. The fourth-order valence-electron chi connectivity index (χ4n) is 2.52. The molecule has 1 aromatic carbocycles. The van der Waals surface area contributed by atoms with E-state index >= 15 is 0 Å². The molecule has 18 heavy (non-hydrogen) atoms. The Hall–Kier alpha value is -1.16. The van der Waals surface area contributed by atoms with Gasteiger partial charge < -0.3 is 10.4 Å². The summed E-state index contributed by atoms with van der Waals surface area (Å²) in [4.78, 5) is 12.2. The molecule has 1 amide bonds. The van der Waals surface area contributed by atoms with Crippen molar-refractivity contribution in [2.75, 3.05) is 6.26 Å². The van der Waals surface area contributed by atoms with E-state index in [4.69, 9.17) is 0 Å². The van der Waals surface area contributed by atoms with Crippen molar-refractivity contribution in [3.8, 4) is 5.75 Å². The van der Waals surface area contributed by atoms with Crippen molar-refractivity contribution in [1.82, 2.24) is 5.32 Å². The van der Waals surface area contributed by atoms with Crippen LogP contribution in [0.3, 0.4) is 0 Å². The van der Waals surface area contributed by atoms with Gasteiger partial charge in [-0.1, -0.05) is 6.42 Å². The maximum atomic E-state index is 12.2. The second-order valence-electron chi connectivity index (χ2n) is 4.78. The Kier molecular flexibility index (Phi) is 4.17. The standard InChI is InChI=1S/C14H19NO2S/c1-9-8-10(16)6-7-11(9)14(17)15-12-4-3-5-13(12)18-2/h6-8,12-13,16H,3-5H2,1-2H3,(H,15,17). The topological polar surface area (TPSA) is 49.3 Å². The number of carbonyl (C=O) groups is 1. The molecule has 0 aromatic heterocycles. The first-order valence-corrected chi connectivity index (χ1v) is 7.54. The number of aromatic hydroxyl groups is 1. The minimum Gasteiger partial charge on any atom is -0.508 e. The molecule has 2 atom stereocenters. The molecule has 98 valence electrons. The molecule has 2 rings (SSSR count). The van der Waals surface area contributed by atoms with E-state index < -0.39 is 0 Å². The molecule has 2 unspecified atom stereocenters. The Morgan fingerprint density at radius 3 is 2.89 bits per heavy atom. The molecule has 1 saturated carbocycles. The minimum atomic E-state index is -0.0292. The summed E-state index contributed by atoms with van der Waals surface area (Å²) in [5.74, 6) is 0.172. The molecule has 2 N–H and O–H groups in total. The molecule has 3 nitrogen and oxygen atoms in total. The minimum absolute atomic E-state index is 0.0292. The van der Waals surface area contributed by atoms with Gasteiger partial charge in [0.2, 0.25) is 0 Å². The normalized spacial score (nSPS) is 23.0. The zero-order valence-corrected chi connectivity index (χ0v) is 11.6. The average molecular weight is 265 g/mol. The molecular weight excluding hydrogens is 246 g/mol. The molecule has 0 radical (unpaired) electrons. The lowest BCUT2D eigenvalue weighted by atomic mass is 10.1. The third kappa shape index (κ3) is 2.80. The summed E-state index contributed by atoms with van der Waals surface area (Å²) in [6.45, 7) is 1.84. The highest BCUT2D eigenvalue weighted by molar-refractivity contribution is 7.99. The van der Waals surface area contributed by atoms with Crippen LogP contribution in [0.4, 0.5) is 0 Å². The second-order valence-corrected chi connectivity index (χ2v) is 5.86. The van der Waals surface area contributed by atoms with E-state index in [0.717, 1.165) is 12.0 Å². The third-order valence-corrected chi connectivity index (χ3v) is 4.70. The SMILES string of the molecule is CSC1CCCC1NC(=O)c1ccc(O)cc1C. The lowest BCUT2D eigenvalue weighted by Crippen LogP contribution is -2.38. The lowest BCUT2D eigenvalue weighted by molar-refractivity contribution is 0.0938. The van der Waals surface area contributed by atoms with Crippen molar-refractivity contribution >= 4 is 17.7 Å². The van der Waals surface area contributed by atoms with Gasteiger partial charge in [0.05, 0.1) is 0 Å². The molecule has 0 bridgehead atoms. The summed E-state index contributed by atoms with van der Waals surface area (Å²) in [5.41, 5.74) is 1.46. The Morgan fingerprint density at radius 2 is 2.22 bits per heavy atom. The Morgan fingerprint density at radius 1 is 1.44 bits per heavy atom. The summed E-state index contributed by atoms with van der Waals surface area (Å²) in [6.07, 6.45) is 5.53. The largest absolute Gasteiger partial charge is 0.508 e. The molecular formula is C14H19NO2S. The first-order chi connectivity index (χ1) is 8.61. The number of carbonyl (C=O) groups excluding carboxylic acids is 1. The van der Waals surface area contributed by atoms with E-state index in [1.165, 1.54) is 12.8 Å². The highest BCUT2D eigenvalue weighted by Gasteiger charge is 2.28. The van der Waals surface area contributed by atoms with Crippen LogP contribution in [0.25, 0.3) is 0 Å². The Labute approximate surface area is 112 Å². The van der Waals surface area contributed by atoms with Gasteiger partial charge in [0, 0.05) is 16.9 Å². The van der Waals surface area contributed by atoms with Crippen molar-refractivity contribution in [2.45, 2.75) is 37.5 Å². The maximum Gasteiger partial charge on any atom is 0.251 e. The summed E-state index contributed by atoms with van der Waals surface area (Å²) in [5, 5.41) is 13.0. The van der Waals surface area contributed by atoms with Crippen molar-refractivity contribution < 1.29 is 9.90 Å². The third-order valence-electron chi connectivity index (χ3n) is 3.53. The van der Waals surface area contributed by atoms with Gasteiger partial charge in [0.25, 0.3) is 5.91 Å². The van der Waals surface area contributed by atoms with E-state index in [1.54, 1.807) is 18.2 Å². The summed E-state index contributed by atoms with van der Waals surface area (Å²) >= 11 is 1.83. The Balaban J connectivity index is 2.07. The van der Waals surface area contributed by atoms with Gasteiger partial charge in [-0.05, 0) is 49.8 Å². The predicted molar refractivity (Wildman–Crippen MR) is 75.3 cm³/mol. The number of phenols is 1. The van der Waals surface area contributed by atoms with Gasteiger partial charge in [-0.3, -0.25) is 4.79 Å². The molecule has 0 aliphatic heterocycles. The molecule has 4 heteroatoms. The molecule has 1 aliphatic carbocycles. The number of hydrogen-bond acceptors (Lipinski definition) is 3. The summed E-state index contributed by atoms with van der Waals surface area (Å²) < 4.78 is 0. The highest BCUT2D eigenvalue weighted by Crippen LogP contribution is 2.28. The monoisotopic (exact) mass is 265 g/mol. The van der Waals surface area contributed by atoms with Crippen LogP contribution >= 0.6 is 11.8 Å². The van der Waals surface area contributed by atoms with Crippen molar-refractivity contribution in [2.24, 2.45) is 0 Å². The molecule has 1 aromatic rings. The van der Waals surface area contributed by atoms with Crippen LogP contribution < -0.4 is 5.32 Å². The fraction of sp³-hybridized carbons (Fsp3) is 0.500. The van der Waals surface area contributed by atoms with Gasteiger partial charge in [0.15, 0.2) is 0 Å². The number of hydrogen-bond donors (Lipinski definition) is 2. The maximum absolute atomic E-state index is 12.2. The van der Waals surface area contributed by atoms with Crippen molar-refractivity contribution in [1.29, 1.82) is 0 Å². The van der Waals surface area contributed by atoms with E-state index in [0.29, 0.717) is 10.8 Å². The van der Waals surface area contributed by atoms with Gasteiger partial charge in [0.1, 0.15) is 5.75 Å². The number of thioether (sulfide) groups is 1. The average Bonchev–Trinajstić information content (AvgIpc) is 2.76. The predicted octanol–water partition coefficient (Wildman–Crippen LogP) is 2.71. The van der Waals surface area contributed by atoms with Crippen molar-refractivity contribution in [3.63, 3.8) is 0 Å². The molecule has 0 saturated heterocycles. The number of benzene rings is 1. The Bertz CT molecular complexity index is 447. The quantitative estimate of drug-likeness (QED) is 0.883. The lowest BCUT2D eigenvalue weighted by Gasteiger charge is -2.19. The molecule has 0 spiro atoms. The molecule has 0 heterocycles. The van der Waals surface area contributed by atoms with Crippen LogP contribution in [-0.4, -0.2) is 28.6 Å². The van der Waals surface area contributed by atoms with E-state index in [-0.39, 0.29) is 17.7 Å². The molecule has 1 fully saturated rings. The number of rotatable bonds is 3. The number of amides is 1. The van der Waals surface area contributed by atoms with Crippen LogP contribution in [0.15, 0.2) is 18.2 Å². The highest BCUT2D eigenvalue weighted by atomic mass is 32.2. The van der Waals surface area contributed by atoms with Crippen LogP contribution in [0, 0.1) is 6.92 Å². The number of phenolic OH excluding ortho intramolecular Hbond substituents is 1. The van der Waals surface area contributed by atoms with Crippen LogP contribution in [0.5, 0.6) is 5.75 Å². The zero-order chi connectivity index (χ0) is 13.1. The number of nitrogens with one attached hydrogen (secondary N) is 1. The van der Waals surface area contributed by atoms with Gasteiger partial charge in [-0.2, -0.15) is 11.8 Å². The van der Waals surface area contributed by atoms with Crippen LogP contribution in [0.1, 0.15) is 35.2 Å². The van der Waals surface area contributed by atoms with Crippen LogP contribution in [0.2, 0.25) is 0 Å². The first kappa shape index (κ1) is 13.3. The smallest absolute Gasteiger partial charge is 0.251 e. The summed E-state index contributed by atoms with van der Waals surface area (Å²) in [7, 11) is 0. The van der Waals surface area contributed by atoms with E-state index in [1.807, 2.05) is 18.7 Å². The van der Waals surface area contributed by atoms with Gasteiger partial charge >= 0.3 is 0 Å². The van der Waals surface area contributed by atoms with Gasteiger partial charge in [-0.15, -0.1) is 0 Å². The second kappa shape index (κ2) is 5.65. The van der Waals surface area contributed by atoms with E-state index in [2.05, 4.69) is 11.6 Å².